The summed E-state index contributed by atoms with van der Waals surface area (Å²) in [4.78, 5) is 11.5. The normalized spacial score (nSPS) is 10.7. The molecule has 0 amide bonds. The Morgan fingerprint density at radius 1 is 1.24 bits per heavy atom. The van der Waals surface area contributed by atoms with Crippen molar-refractivity contribution < 1.29 is 9.53 Å². The summed E-state index contributed by atoms with van der Waals surface area (Å²) < 4.78 is 6.89. The first-order valence-corrected chi connectivity index (χ1v) is 7.79. The molecule has 21 heavy (non-hydrogen) atoms. The summed E-state index contributed by atoms with van der Waals surface area (Å²) >= 11 is 1.34. The van der Waals surface area contributed by atoms with E-state index in [0.717, 1.165) is 11.5 Å². The smallest absolute Gasteiger partial charge is 0.316 e. The second-order valence-corrected chi connectivity index (χ2v) is 5.67. The van der Waals surface area contributed by atoms with Gasteiger partial charge in [0, 0.05) is 5.69 Å². The van der Waals surface area contributed by atoms with Crippen LogP contribution in [0.15, 0.2) is 23.4 Å². The molecular weight excluding hydrogens is 286 g/mol. The van der Waals surface area contributed by atoms with Gasteiger partial charge in [-0.3, -0.25) is 9.36 Å². The Bertz CT molecular complexity index is 652. The van der Waals surface area contributed by atoms with Gasteiger partial charge in [-0.2, -0.15) is 0 Å². The topological polar surface area (TPSA) is 57.0 Å². The lowest BCUT2D eigenvalue weighted by Crippen LogP contribution is -2.08. The van der Waals surface area contributed by atoms with E-state index in [1.54, 1.807) is 6.92 Å². The first-order valence-electron chi connectivity index (χ1n) is 6.81. The second kappa shape index (κ2) is 6.76. The fourth-order valence-corrected chi connectivity index (χ4v) is 2.72. The molecule has 0 aliphatic carbocycles. The van der Waals surface area contributed by atoms with Crippen molar-refractivity contribution in [3.63, 3.8) is 0 Å². The summed E-state index contributed by atoms with van der Waals surface area (Å²) in [6.07, 6.45) is 0. The maximum atomic E-state index is 11.5. The lowest BCUT2D eigenvalue weighted by atomic mass is 10.1. The van der Waals surface area contributed by atoms with Crippen LogP contribution in [0.5, 0.6) is 0 Å². The fraction of sp³-hybridized carbons (Fsp3) is 0.400. The van der Waals surface area contributed by atoms with Gasteiger partial charge in [0.1, 0.15) is 5.82 Å². The largest absolute Gasteiger partial charge is 0.465 e. The Balaban J connectivity index is 2.25. The molecule has 0 saturated heterocycles. The predicted molar refractivity (Wildman–Crippen MR) is 82.9 cm³/mol. The van der Waals surface area contributed by atoms with E-state index in [1.807, 2.05) is 17.6 Å². The van der Waals surface area contributed by atoms with Gasteiger partial charge in [0.2, 0.25) is 0 Å². The molecule has 6 heteroatoms. The van der Waals surface area contributed by atoms with Crippen molar-refractivity contribution in [1.82, 2.24) is 14.8 Å². The van der Waals surface area contributed by atoms with Crippen molar-refractivity contribution >= 4 is 17.7 Å². The van der Waals surface area contributed by atoms with E-state index in [4.69, 9.17) is 4.74 Å². The molecule has 0 unspecified atom stereocenters. The Morgan fingerprint density at radius 2 is 2.00 bits per heavy atom. The summed E-state index contributed by atoms with van der Waals surface area (Å²) in [5.41, 5.74) is 3.46. The lowest BCUT2D eigenvalue weighted by molar-refractivity contribution is -0.139. The third-order valence-corrected chi connectivity index (χ3v) is 4.07. The zero-order valence-electron chi connectivity index (χ0n) is 12.7. The molecule has 5 nitrogen and oxygen atoms in total. The van der Waals surface area contributed by atoms with Gasteiger partial charge in [0.05, 0.1) is 12.4 Å². The number of rotatable bonds is 5. The van der Waals surface area contributed by atoms with Crippen LogP contribution in [0.1, 0.15) is 23.9 Å². The minimum atomic E-state index is -0.241. The summed E-state index contributed by atoms with van der Waals surface area (Å²) in [7, 11) is 0. The van der Waals surface area contributed by atoms with Gasteiger partial charge < -0.3 is 4.74 Å². The first-order chi connectivity index (χ1) is 10.0. The van der Waals surface area contributed by atoms with E-state index in [2.05, 4.69) is 36.2 Å². The van der Waals surface area contributed by atoms with Crippen molar-refractivity contribution in [3.8, 4) is 5.69 Å². The number of aromatic nitrogens is 3. The van der Waals surface area contributed by atoms with Crippen molar-refractivity contribution in [1.29, 1.82) is 0 Å². The van der Waals surface area contributed by atoms with Crippen LogP contribution in [0.3, 0.4) is 0 Å². The molecule has 2 aromatic rings. The van der Waals surface area contributed by atoms with Crippen molar-refractivity contribution in [3.05, 3.63) is 35.2 Å². The summed E-state index contributed by atoms with van der Waals surface area (Å²) in [6, 6.07) is 6.21. The fourth-order valence-electron chi connectivity index (χ4n) is 1.92. The number of benzene rings is 1. The van der Waals surface area contributed by atoms with Crippen molar-refractivity contribution in [2.24, 2.45) is 0 Å². The number of esters is 1. The lowest BCUT2D eigenvalue weighted by Gasteiger charge is -2.10. The highest BCUT2D eigenvalue weighted by Gasteiger charge is 2.14. The van der Waals surface area contributed by atoms with Gasteiger partial charge in [0.25, 0.3) is 0 Å². The summed E-state index contributed by atoms with van der Waals surface area (Å²) in [6.45, 7) is 8.24. The zero-order valence-corrected chi connectivity index (χ0v) is 13.5. The molecule has 0 N–H and O–H groups in total. The molecule has 0 atom stereocenters. The quantitative estimate of drug-likeness (QED) is 0.628. The monoisotopic (exact) mass is 305 g/mol. The highest BCUT2D eigenvalue weighted by atomic mass is 32.2. The molecule has 112 valence electrons. The van der Waals surface area contributed by atoms with Crippen LogP contribution in [0.25, 0.3) is 5.69 Å². The minimum Gasteiger partial charge on any atom is -0.465 e. The first kappa shape index (κ1) is 15.6. The maximum Gasteiger partial charge on any atom is 0.316 e. The van der Waals surface area contributed by atoms with E-state index in [0.29, 0.717) is 11.8 Å². The van der Waals surface area contributed by atoms with Crippen molar-refractivity contribution in [2.45, 2.75) is 32.9 Å². The van der Waals surface area contributed by atoms with Crippen LogP contribution in [0.2, 0.25) is 0 Å². The van der Waals surface area contributed by atoms with Gasteiger partial charge >= 0.3 is 5.97 Å². The van der Waals surface area contributed by atoms with Gasteiger partial charge in [-0.25, -0.2) is 0 Å². The van der Waals surface area contributed by atoms with Crippen LogP contribution in [-0.2, 0) is 9.53 Å². The molecule has 0 fully saturated rings. The molecular formula is C15H19N3O2S. The Hall–Kier alpha value is -1.82. The number of hydrogen-bond acceptors (Lipinski definition) is 5. The van der Waals surface area contributed by atoms with E-state index >= 15 is 0 Å². The average molecular weight is 305 g/mol. The number of carbonyl (C=O) groups is 1. The summed E-state index contributed by atoms with van der Waals surface area (Å²) in [5.74, 6) is 0.788. The van der Waals surface area contributed by atoms with Gasteiger partial charge in [0.15, 0.2) is 5.16 Å². The Kier molecular flexibility index (Phi) is 5.01. The number of thioether (sulfide) groups is 1. The zero-order chi connectivity index (χ0) is 15.4. The SMILES string of the molecule is CCOC(=O)CSc1nnc(C)n1-c1ccc(C)c(C)c1. The minimum absolute atomic E-state index is 0.233. The van der Waals surface area contributed by atoms with E-state index in [1.165, 1.54) is 22.9 Å². The van der Waals surface area contributed by atoms with Crippen LogP contribution in [0.4, 0.5) is 0 Å². The van der Waals surface area contributed by atoms with E-state index < -0.39 is 0 Å². The molecule has 0 bridgehead atoms. The molecule has 0 saturated carbocycles. The Morgan fingerprint density at radius 3 is 2.67 bits per heavy atom. The molecule has 0 aliphatic rings. The molecule has 0 spiro atoms. The maximum absolute atomic E-state index is 11.5. The molecule has 1 aromatic heterocycles. The highest BCUT2D eigenvalue weighted by molar-refractivity contribution is 7.99. The number of ether oxygens (including phenoxy) is 1. The van der Waals surface area contributed by atoms with E-state index in [-0.39, 0.29) is 11.7 Å². The molecule has 1 heterocycles. The third kappa shape index (κ3) is 3.64. The number of nitrogens with zero attached hydrogens (tertiary/aromatic N) is 3. The third-order valence-electron chi connectivity index (χ3n) is 3.17. The summed E-state index contributed by atoms with van der Waals surface area (Å²) in [5, 5.41) is 8.95. The standard InChI is InChI=1S/C15H19N3O2S/c1-5-20-14(19)9-21-15-17-16-12(4)18(15)13-7-6-10(2)11(3)8-13/h6-8H,5,9H2,1-4H3. The molecule has 2 rings (SSSR count). The molecule has 0 aliphatic heterocycles. The number of carbonyl (C=O) groups excluding carboxylic acids is 1. The molecule has 0 radical (unpaired) electrons. The highest BCUT2D eigenvalue weighted by Crippen LogP contribution is 2.23. The van der Waals surface area contributed by atoms with Gasteiger partial charge in [-0.05, 0) is 51.0 Å². The van der Waals surface area contributed by atoms with Gasteiger partial charge in [-0.1, -0.05) is 17.8 Å². The second-order valence-electron chi connectivity index (χ2n) is 4.73. The van der Waals surface area contributed by atoms with Crippen LogP contribution >= 0.6 is 11.8 Å². The van der Waals surface area contributed by atoms with E-state index in [9.17, 15) is 4.79 Å². The van der Waals surface area contributed by atoms with Gasteiger partial charge in [-0.15, -0.1) is 10.2 Å². The van der Waals surface area contributed by atoms with Crippen LogP contribution < -0.4 is 0 Å². The Labute approximate surface area is 128 Å². The van der Waals surface area contributed by atoms with Crippen LogP contribution in [0, 0.1) is 20.8 Å². The number of hydrogen-bond donors (Lipinski definition) is 0. The molecule has 1 aromatic carbocycles. The van der Waals surface area contributed by atoms with Crippen LogP contribution in [-0.4, -0.2) is 33.1 Å². The number of aryl methyl sites for hydroxylation is 3. The average Bonchev–Trinajstić information content (AvgIpc) is 2.81. The predicted octanol–water partition coefficient (Wildman–Crippen LogP) is 2.85. The van der Waals surface area contributed by atoms with Crippen molar-refractivity contribution in [2.75, 3.05) is 12.4 Å².